The van der Waals surface area contributed by atoms with Gasteiger partial charge in [0, 0.05) is 32.8 Å². The number of hydrogen-bond acceptors (Lipinski definition) is 7. The molecule has 0 spiro atoms. The summed E-state index contributed by atoms with van der Waals surface area (Å²) >= 11 is 0. The van der Waals surface area contributed by atoms with Crippen LogP contribution < -0.4 is 10.2 Å². The minimum absolute atomic E-state index is 0.159. The highest BCUT2D eigenvalue weighted by atomic mass is 16.5. The van der Waals surface area contributed by atoms with Crippen LogP contribution in [-0.4, -0.2) is 51.7 Å². The zero-order chi connectivity index (χ0) is 18.0. The molecule has 0 radical (unpaired) electrons. The Balaban J connectivity index is 1.73. The molecule has 0 aromatic carbocycles. The quantitative estimate of drug-likeness (QED) is 0.908. The standard InChI is InChI=1S/C16H23N7O2/c1-10(2)14-19-13(21-25-14)11-6-5-9-23(11)16(24)20-15-17-8-7-12(18-15)22(3)4/h7-8,10-11H,5-6,9H2,1-4H3,(H,17,18,20,24)/t11-/m1/s1. The van der Waals surface area contributed by atoms with E-state index in [1.807, 2.05) is 32.8 Å². The van der Waals surface area contributed by atoms with E-state index in [-0.39, 0.29) is 23.9 Å². The third-order valence-corrected chi connectivity index (χ3v) is 4.08. The maximum atomic E-state index is 12.7. The number of carbonyl (C=O) groups excluding carboxylic acids is 1. The van der Waals surface area contributed by atoms with Gasteiger partial charge in [0.15, 0.2) is 5.82 Å². The van der Waals surface area contributed by atoms with Crippen molar-refractivity contribution in [3.8, 4) is 0 Å². The zero-order valence-corrected chi connectivity index (χ0v) is 14.9. The lowest BCUT2D eigenvalue weighted by molar-refractivity contribution is 0.203. The predicted molar refractivity (Wildman–Crippen MR) is 92.4 cm³/mol. The highest BCUT2D eigenvalue weighted by Crippen LogP contribution is 2.31. The van der Waals surface area contributed by atoms with Gasteiger partial charge in [-0.2, -0.15) is 9.97 Å². The average Bonchev–Trinajstić information content (AvgIpc) is 3.24. The summed E-state index contributed by atoms with van der Waals surface area (Å²) in [5.74, 6) is 2.30. The summed E-state index contributed by atoms with van der Waals surface area (Å²) in [5.41, 5.74) is 0. The molecule has 3 heterocycles. The van der Waals surface area contributed by atoms with Crippen LogP contribution in [0.3, 0.4) is 0 Å². The molecule has 0 saturated carbocycles. The molecule has 1 fully saturated rings. The monoisotopic (exact) mass is 345 g/mol. The van der Waals surface area contributed by atoms with Crippen molar-refractivity contribution in [1.29, 1.82) is 0 Å². The van der Waals surface area contributed by atoms with Gasteiger partial charge < -0.3 is 14.3 Å². The van der Waals surface area contributed by atoms with Crippen LogP contribution in [0.4, 0.5) is 16.6 Å². The van der Waals surface area contributed by atoms with Crippen molar-refractivity contribution in [1.82, 2.24) is 25.0 Å². The number of rotatable bonds is 4. The maximum absolute atomic E-state index is 12.7. The molecule has 2 aromatic rings. The lowest BCUT2D eigenvalue weighted by Crippen LogP contribution is -2.35. The number of amides is 2. The second-order valence-corrected chi connectivity index (χ2v) is 6.56. The molecule has 0 bridgehead atoms. The molecule has 3 rings (SSSR count). The van der Waals surface area contributed by atoms with E-state index in [1.54, 1.807) is 17.2 Å². The van der Waals surface area contributed by atoms with Gasteiger partial charge in [0.25, 0.3) is 0 Å². The highest BCUT2D eigenvalue weighted by Gasteiger charge is 2.34. The van der Waals surface area contributed by atoms with E-state index in [1.165, 1.54) is 0 Å². The van der Waals surface area contributed by atoms with E-state index in [9.17, 15) is 4.79 Å². The van der Waals surface area contributed by atoms with Crippen molar-refractivity contribution in [3.63, 3.8) is 0 Å². The van der Waals surface area contributed by atoms with Crippen LogP contribution in [0.1, 0.15) is 50.4 Å². The van der Waals surface area contributed by atoms with Crippen molar-refractivity contribution in [3.05, 3.63) is 24.0 Å². The number of urea groups is 1. The van der Waals surface area contributed by atoms with Crippen molar-refractivity contribution in [2.24, 2.45) is 0 Å². The molecular weight excluding hydrogens is 322 g/mol. The predicted octanol–water partition coefficient (Wildman–Crippen LogP) is 2.42. The Hall–Kier alpha value is -2.71. The SMILES string of the molecule is CC(C)c1nc([C@H]2CCCN2C(=O)Nc2nccc(N(C)C)n2)no1. The first-order valence-corrected chi connectivity index (χ1v) is 8.37. The van der Waals surface area contributed by atoms with Crippen LogP contribution >= 0.6 is 0 Å². The van der Waals surface area contributed by atoms with E-state index in [2.05, 4.69) is 25.4 Å². The molecular formula is C16H23N7O2. The summed E-state index contributed by atoms with van der Waals surface area (Å²) in [5, 5.41) is 6.81. The van der Waals surface area contributed by atoms with Crippen LogP contribution in [0.15, 0.2) is 16.8 Å². The van der Waals surface area contributed by atoms with Gasteiger partial charge in [-0.3, -0.25) is 5.32 Å². The Morgan fingerprint density at radius 2 is 2.20 bits per heavy atom. The van der Waals surface area contributed by atoms with E-state index in [4.69, 9.17) is 4.52 Å². The molecule has 9 heteroatoms. The van der Waals surface area contributed by atoms with Gasteiger partial charge in [-0.1, -0.05) is 19.0 Å². The molecule has 1 aliphatic heterocycles. The zero-order valence-electron chi connectivity index (χ0n) is 14.9. The topological polar surface area (TPSA) is 100 Å². The Kier molecular flexibility index (Phi) is 4.82. The van der Waals surface area contributed by atoms with E-state index in [0.717, 1.165) is 18.7 Å². The Morgan fingerprint density at radius 3 is 2.88 bits per heavy atom. The minimum atomic E-state index is -0.255. The fourth-order valence-corrected chi connectivity index (χ4v) is 2.72. The molecule has 2 amide bonds. The number of aromatic nitrogens is 4. The second-order valence-electron chi connectivity index (χ2n) is 6.56. The third kappa shape index (κ3) is 3.70. The first-order valence-electron chi connectivity index (χ1n) is 8.37. The minimum Gasteiger partial charge on any atom is -0.363 e. The van der Waals surface area contributed by atoms with Gasteiger partial charge >= 0.3 is 6.03 Å². The summed E-state index contributed by atoms with van der Waals surface area (Å²) in [6, 6.07) is 1.34. The van der Waals surface area contributed by atoms with Gasteiger partial charge in [-0.05, 0) is 18.9 Å². The first kappa shape index (κ1) is 17.1. The van der Waals surface area contributed by atoms with Crippen molar-refractivity contribution in [2.75, 3.05) is 30.9 Å². The first-order chi connectivity index (χ1) is 12.0. The van der Waals surface area contributed by atoms with Crippen molar-refractivity contribution < 1.29 is 9.32 Å². The third-order valence-electron chi connectivity index (χ3n) is 4.08. The highest BCUT2D eigenvalue weighted by molar-refractivity contribution is 5.88. The smallest absolute Gasteiger partial charge is 0.324 e. The molecule has 25 heavy (non-hydrogen) atoms. The lowest BCUT2D eigenvalue weighted by Gasteiger charge is -2.22. The molecule has 9 nitrogen and oxygen atoms in total. The van der Waals surface area contributed by atoms with E-state index in [0.29, 0.717) is 18.3 Å². The normalized spacial score (nSPS) is 17.2. The lowest BCUT2D eigenvalue weighted by atomic mass is 10.2. The number of likely N-dealkylation sites (tertiary alicyclic amines) is 1. The summed E-state index contributed by atoms with van der Waals surface area (Å²) < 4.78 is 5.28. The maximum Gasteiger partial charge on any atom is 0.324 e. The molecule has 1 saturated heterocycles. The number of anilines is 2. The van der Waals surface area contributed by atoms with Crippen LogP contribution in [0.2, 0.25) is 0 Å². The summed E-state index contributed by atoms with van der Waals surface area (Å²) in [4.78, 5) is 29.1. The fourth-order valence-electron chi connectivity index (χ4n) is 2.72. The molecule has 1 atom stereocenters. The molecule has 0 aliphatic carbocycles. The van der Waals surface area contributed by atoms with Crippen molar-refractivity contribution >= 4 is 17.8 Å². The molecule has 0 unspecified atom stereocenters. The summed E-state index contributed by atoms with van der Waals surface area (Å²) in [7, 11) is 3.76. The largest absolute Gasteiger partial charge is 0.363 e. The summed E-state index contributed by atoms with van der Waals surface area (Å²) in [6.07, 6.45) is 3.32. The van der Waals surface area contributed by atoms with Crippen LogP contribution in [-0.2, 0) is 0 Å². The van der Waals surface area contributed by atoms with Crippen molar-refractivity contribution in [2.45, 2.75) is 38.6 Å². The van der Waals surface area contributed by atoms with E-state index >= 15 is 0 Å². The van der Waals surface area contributed by atoms with Gasteiger partial charge in [0.1, 0.15) is 5.82 Å². The van der Waals surface area contributed by atoms with Gasteiger partial charge in [-0.25, -0.2) is 9.78 Å². The van der Waals surface area contributed by atoms with Crippen LogP contribution in [0, 0.1) is 0 Å². The second kappa shape index (κ2) is 7.04. The average molecular weight is 345 g/mol. The Morgan fingerprint density at radius 1 is 1.40 bits per heavy atom. The van der Waals surface area contributed by atoms with Crippen LogP contribution in [0.25, 0.3) is 0 Å². The Labute approximate surface area is 146 Å². The molecule has 134 valence electrons. The van der Waals surface area contributed by atoms with Gasteiger partial charge in [-0.15, -0.1) is 0 Å². The number of hydrogen-bond donors (Lipinski definition) is 1. The van der Waals surface area contributed by atoms with Crippen LogP contribution in [0.5, 0.6) is 0 Å². The van der Waals surface area contributed by atoms with E-state index < -0.39 is 0 Å². The number of nitrogens with one attached hydrogen (secondary N) is 1. The fraction of sp³-hybridized carbons (Fsp3) is 0.562. The molecule has 1 aliphatic rings. The molecule has 1 N–H and O–H groups in total. The van der Waals surface area contributed by atoms with Gasteiger partial charge in [0.05, 0.1) is 6.04 Å². The number of nitrogens with zero attached hydrogens (tertiary/aromatic N) is 6. The van der Waals surface area contributed by atoms with Gasteiger partial charge in [0.2, 0.25) is 11.8 Å². The Bertz CT molecular complexity index is 744. The summed E-state index contributed by atoms with van der Waals surface area (Å²) in [6.45, 7) is 4.62. The number of carbonyl (C=O) groups is 1. The molecule has 2 aromatic heterocycles.